The summed E-state index contributed by atoms with van der Waals surface area (Å²) in [5.74, 6) is -5.08. The van der Waals surface area contributed by atoms with Crippen molar-refractivity contribution in [1.82, 2.24) is 14.5 Å². The molecule has 0 aliphatic carbocycles. The van der Waals surface area contributed by atoms with Crippen LogP contribution < -0.4 is 5.73 Å². The average molecular weight is 523 g/mol. The minimum absolute atomic E-state index is 0.0188. The minimum atomic E-state index is -4.70. The van der Waals surface area contributed by atoms with Crippen molar-refractivity contribution in [3.63, 3.8) is 0 Å². The quantitative estimate of drug-likeness (QED) is 0.297. The van der Waals surface area contributed by atoms with Crippen molar-refractivity contribution < 1.29 is 31.1 Å². The zero-order chi connectivity index (χ0) is 26.9. The van der Waals surface area contributed by atoms with Crippen LogP contribution in [0.15, 0.2) is 41.4 Å². The fourth-order valence-corrected chi connectivity index (χ4v) is 4.41. The van der Waals surface area contributed by atoms with Crippen LogP contribution in [0.25, 0.3) is 11.3 Å². The molecule has 4 rings (SSSR count). The number of carbonyl (C=O) groups excluding carboxylic acids is 1. The maximum Gasteiger partial charge on any atom is 0.449 e. The monoisotopic (exact) mass is 523 g/mol. The third kappa shape index (κ3) is 5.53. The molecule has 2 aromatic carbocycles. The van der Waals surface area contributed by atoms with Crippen molar-refractivity contribution in [1.29, 1.82) is 0 Å². The Morgan fingerprint density at radius 3 is 2.54 bits per heavy atom. The molecule has 2 N–H and O–H groups in total. The third-order valence-corrected chi connectivity index (χ3v) is 6.11. The second kappa shape index (κ2) is 10.4. The highest BCUT2D eigenvalue weighted by atomic mass is 19.4. The van der Waals surface area contributed by atoms with Crippen molar-refractivity contribution in [3.05, 3.63) is 76.5 Å². The van der Waals surface area contributed by atoms with Gasteiger partial charge in [-0.15, -0.1) is 0 Å². The lowest BCUT2D eigenvalue weighted by Crippen LogP contribution is -2.42. The highest BCUT2D eigenvalue weighted by Gasteiger charge is 2.41. The van der Waals surface area contributed by atoms with Gasteiger partial charge in [0.15, 0.2) is 11.6 Å². The van der Waals surface area contributed by atoms with E-state index in [-0.39, 0.29) is 49.4 Å². The summed E-state index contributed by atoms with van der Waals surface area (Å²) in [7, 11) is 1.54. The SMILES string of the molecule is CN=Cc1ccccc1-c1nc(C(F)(F)F)n2c1CN(C(=O)C[C@H](N)Cc1cc(F)c(F)cc1F)CC2. The van der Waals surface area contributed by atoms with E-state index in [0.717, 1.165) is 4.57 Å². The maximum atomic E-state index is 14.0. The molecule has 0 unspecified atom stereocenters. The van der Waals surface area contributed by atoms with Gasteiger partial charge in [0.05, 0.1) is 17.9 Å². The molecule has 2 heterocycles. The summed E-state index contributed by atoms with van der Waals surface area (Å²) in [6.07, 6.45) is -3.69. The number of fused-ring (bicyclic) bond motifs is 1. The van der Waals surface area contributed by atoms with Crippen LogP contribution in [0.5, 0.6) is 0 Å². The molecule has 0 radical (unpaired) electrons. The molecule has 3 aromatic rings. The van der Waals surface area contributed by atoms with E-state index in [1.807, 2.05) is 0 Å². The van der Waals surface area contributed by atoms with Gasteiger partial charge in [-0.1, -0.05) is 24.3 Å². The van der Waals surface area contributed by atoms with Gasteiger partial charge in [-0.25, -0.2) is 18.2 Å². The minimum Gasteiger partial charge on any atom is -0.335 e. The molecular formula is C25H23F6N5O. The van der Waals surface area contributed by atoms with Crippen molar-refractivity contribution >= 4 is 12.1 Å². The van der Waals surface area contributed by atoms with Crippen LogP contribution in [-0.4, -0.2) is 46.2 Å². The molecule has 1 aromatic heterocycles. The van der Waals surface area contributed by atoms with Crippen LogP contribution in [0, 0.1) is 17.5 Å². The third-order valence-electron chi connectivity index (χ3n) is 6.11. The van der Waals surface area contributed by atoms with Crippen LogP contribution >= 0.6 is 0 Å². The number of imidazole rings is 1. The highest BCUT2D eigenvalue weighted by molar-refractivity contribution is 5.90. The van der Waals surface area contributed by atoms with Crippen LogP contribution in [0.4, 0.5) is 26.3 Å². The molecule has 0 fully saturated rings. The number of aromatic nitrogens is 2. The van der Waals surface area contributed by atoms with Gasteiger partial charge in [-0.05, 0) is 18.1 Å². The maximum absolute atomic E-state index is 14.0. The smallest absolute Gasteiger partial charge is 0.335 e. The second-order valence-electron chi connectivity index (χ2n) is 8.70. The lowest BCUT2D eigenvalue weighted by molar-refractivity contribution is -0.148. The summed E-state index contributed by atoms with van der Waals surface area (Å²) in [4.78, 5) is 22.2. The number of alkyl halides is 3. The lowest BCUT2D eigenvalue weighted by Gasteiger charge is -2.30. The van der Waals surface area contributed by atoms with Gasteiger partial charge < -0.3 is 15.2 Å². The van der Waals surface area contributed by atoms with Crippen molar-refractivity contribution in [2.75, 3.05) is 13.6 Å². The molecule has 1 aliphatic heterocycles. The van der Waals surface area contributed by atoms with Gasteiger partial charge in [-0.2, -0.15) is 13.2 Å². The Morgan fingerprint density at radius 1 is 1.14 bits per heavy atom. The van der Waals surface area contributed by atoms with Crippen LogP contribution in [0.1, 0.15) is 29.1 Å². The molecule has 12 heteroatoms. The number of rotatable bonds is 6. The molecule has 0 bridgehead atoms. The average Bonchev–Trinajstić information content (AvgIpc) is 3.22. The molecule has 37 heavy (non-hydrogen) atoms. The Kier molecular flexibility index (Phi) is 7.39. The fourth-order valence-electron chi connectivity index (χ4n) is 4.41. The van der Waals surface area contributed by atoms with Crippen LogP contribution in [-0.2, 0) is 30.5 Å². The van der Waals surface area contributed by atoms with E-state index in [1.165, 1.54) is 18.2 Å². The predicted molar refractivity (Wildman–Crippen MR) is 124 cm³/mol. The highest BCUT2D eigenvalue weighted by Crippen LogP contribution is 2.36. The number of halogens is 6. The zero-order valence-electron chi connectivity index (χ0n) is 19.7. The lowest BCUT2D eigenvalue weighted by atomic mass is 10.0. The van der Waals surface area contributed by atoms with Crippen molar-refractivity contribution in [2.24, 2.45) is 10.7 Å². The molecule has 0 spiro atoms. The summed E-state index contributed by atoms with van der Waals surface area (Å²) in [5.41, 5.74) is 7.12. The first-order valence-electron chi connectivity index (χ1n) is 11.3. The summed E-state index contributed by atoms with van der Waals surface area (Å²) < 4.78 is 83.1. The van der Waals surface area contributed by atoms with E-state index in [0.29, 0.717) is 23.3 Å². The van der Waals surface area contributed by atoms with E-state index in [2.05, 4.69) is 9.98 Å². The number of hydrogen-bond donors (Lipinski definition) is 1. The number of hydrogen-bond acceptors (Lipinski definition) is 4. The van der Waals surface area contributed by atoms with Gasteiger partial charge in [0, 0.05) is 56.0 Å². The van der Waals surface area contributed by atoms with Gasteiger partial charge in [0.2, 0.25) is 11.7 Å². The number of benzene rings is 2. The molecule has 1 aliphatic rings. The first kappa shape index (κ1) is 26.4. The Labute approximate surface area is 208 Å². The number of nitrogens with two attached hydrogens (primary N) is 1. The fraction of sp³-hybridized carbons (Fsp3) is 0.320. The summed E-state index contributed by atoms with van der Waals surface area (Å²) >= 11 is 0. The Bertz CT molecular complexity index is 1350. The van der Waals surface area contributed by atoms with E-state index >= 15 is 0 Å². The van der Waals surface area contributed by atoms with Gasteiger partial charge >= 0.3 is 6.18 Å². The van der Waals surface area contributed by atoms with Crippen LogP contribution in [0.2, 0.25) is 0 Å². The molecule has 6 nitrogen and oxygen atoms in total. The first-order valence-corrected chi connectivity index (χ1v) is 11.3. The molecule has 0 saturated carbocycles. The molecule has 0 saturated heterocycles. The molecular weight excluding hydrogens is 500 g/mol. The second-order valence-corrected chi connectivity index (χ2v) is 8.70. The Balaban J connectivity index is 1.59. The molecule has 1 atom stereocenters. The Morgan fingerprint density at radius 2 is 1.84 bits per heavy atom. The number of aliphatic imine (C=N–C) groups is 1. The van der Waals surface area contributed by atoms with E-state index in [9.17, 15) is 31.1 Å². The predicted octanol–water partition coefficient (Wildman–Crippen LogP) is 4.34. The molecule has 1 amide bonds. The van der Waals surface area contributed by atoms with Gasteiger partial charge in [-0.3, -0.25) is 9.79 Å². The number of carbonyl (C=O) groups is 1. The number of nitrogens with zero attached hydrogens (tertiary/aromatic N) is 4. The van der Waals surface area contributed by atoms with E-state index < -0.39 is 41.4 Å². The number of amides is 1. The summed E-state index contributed by atoms with van der Waals surface area (Å²) in [6.45, 7) is -0.309. The van der Waals surface area contributed by atoms with Gasteiger partial charge in [0.25, 0.3) is 0 Å². The van der Waals surface area contributed by atoms with E-state index in [4.69, 9.17) is 5.73 Å². The molecule has 196 valence electrons. The van der Waals surface area contributed by atoms with Crippen molar-refractivity contribution in [2.45, 2.75) is 38.1 Å². The summed E-state index contributed by atoms with van der Waals surface area (Å²) in [5, 5.41) is 0. The largest absolute Gasteiger partial charge is 0.449 e. The first-order chi connectivity index (χ1) is 17.5. The van der Waals surface area contributed by atoms with Crippen LogP contribution in [0.3, 0.4) is 0 Å². The van der Waals surface area contributed by atoms with E-state index in [1.54, 1.807) is 24.3 Å². The zero-order valence-corrected chi connectivity index (χ0v) is 19.7. The topological polar surface area (TPSA) is 76.5 Å². The normalized spacial score (nSPS) is 14.8. The summed E-state index contributed by atoms with van der Waals surface area (Å²) in [6, 6.07) is 6.90. The standard InChI is InChI=1S/C25H23F6N5O/c1-33-12-14-4-2-3-5-17(14)23-21-13-35(6-7-36(21)24(34-23)25(29,30)31)22(37)10-16(32)8-15-9-19(27)20(28)11-18(15)26/h2-5,9,11-12,16H,6-8,10,13,32H2,1H3/t16-/m1/s1. The Hall–Kier alpha value is -3.67. The van der Waals surface area contributed by atoms with Crippen molar-refractivity contribution in [3.8, 4) is 11.3 Å². The van der Waals surface area contributed by atoms with Gasteiger partial charge in [0.1, 0.15) is 5.82 Å².